The summed E-state index contributed by atoms with van der Waals surface area (Å²) in [5.74, 6) is -0.0656. The SMILES string of the molecule is CC[C@@H](C)NC(=O)Cn1c(C(=O)OC)ccc1-c1ccco1. The van der Waals surface area contributed by atoms with E-state index in [2.05, 4.69) is 5.32 Å². The van der Waals surface area contributed by atoms with Crippen molar-refractivity contribution in [3.8, 4) is 11.5 Å². The third kappa shape index (κ3) is 3.39. The van der Waals surface area contributed by atoms with Crippen molar-refractivity contribution in [1.29, 1.82) is 0 Å². The Labute approximate surface area is 129 Å². The van der Waals surface area contributed by atoms with Gasteiger partial charge in [-0.2, -0.15) is 0 Å². The molecule has 0 fully saturated rings. The highest BCUT2D eigenvalue weighted by Crippen LogP contribution is 2.23. The van der Waals surface area contributed by atoms with E-state index in [1.54, 1.807) is 35.1 Å². The molecule has 0 saturated carbocycles. The zero-order valence-corrected chi connectivity index (χ0v) is 13.0. The number of methoxy groups -OCH3 is 1. The van der Waals surface area contributed by atoms with Crippen LogP contribution in [0.2, 0.25) is 0 Å². The number of furan rings is 1. The average Bonchev–Trinajstić information content (AvgIpc) is 3.15. The topological polar surface area (TPSA) is 73.5 Å². The van der Waals surface area contributed by atoms with E-state index < -0.39 is 5.97 Å². The number of esters is 1. The van der Waals surface area contributed by atoms with Crippen LogP contribution in [0.5, 0.6) is 0 Å². The number of hydrogen-bond acceptors (Lipinski definition) is 4. The number of rotatable bonds is 6. The van der Waals surface area contributed by atoms with E-state index in [9.17, 15) is 9.59 Å². The zero-order chi connectivity index (χ0) is 16.1. The molecule has 0 aliphatic rings. The Morgan fingerprint density at radius 3 is 2.73 bits per heavy atom. The van der Waals surface area contributed by atoms with Gasteiger partial charge >= 0.3 is 5.97 Å². The van der Waals surface area contributed by atoms with Gasteiger partial charge in [0.15, 0.2) is 0 Å². The molecule has 118 valence electrons. The van der Waals surface area contributed by atoms with E-state index in [-0.39, 0.29) is 18.5 Å². The maximum atomic E-state index is 12.2. The predicted octanol–water partition coefficient (Wildman–Crippen LogP) is 2.45. The standard InChI is InChI=1S/C16H20N2O4/c1-4-11(2)17-15(19)10-18-12(14-6-5-9-22-14)7-8-13(18)16(20)21-3/h5-9,11H,4,10H2,1-3H3,(H,17,19)/t11-/m1/s1. The Balaban J connectivity index is 2.32. The van der Waals surface area contributed by atoms with Crippen molar-refractivity contribution in [1.82, 2.24) is 9.88 Å². The smallest absolute Gasteiger partial charge is 0.354 e. The van der Waals surface area contributed by atoms with Crippen LogP contribution in [0.1, 0.15) is 30.8 Å². The van der Waals surface area contributed by atoms with Crippen LogP contribution < -0.4 is 5.32 Å². The second-order valence-corrected chi connectivity index (χ2v) is 5.04. The molecule has 1 atom stereocenters. The Bertz CT molecular complexity index is 643. The lowest BCUT2D eigenvalue weighted by atomic mass is 10.2. The summed E-state index contributed by atoms with van der Waals surface area (Å²) in [6, 6.07) is 6.97. The second kappa shape index (κ2) is 6.98. The summed E-state index contributed by atoms with van der Waals surface area (Å²) in [6.45, 7) is 3.95. The number of carbonyl (C=O) groups excluding carboxylic acids is 2. The van der Waals surface area contributed by atoms with Crippen LogP contribution in [-0.2, 0) is 16.1 Å². The number of aromatic nitrogens is 1. The predicted molar refractivity (Wildman–Crippen MR) is 81.4 cm³/mol. The third-order valence-electron chi connectivity index (χ3n) is 3.47. The first-order valence-electron chi connectivity index (χ1n) is 7.17. The van der Waals surface area contributed by atoms with Gasteiger partial charge < -0.3 is 19.0 Å². The Kier molecular flexibility index (Phi) is 5.04. The first-order valence-corrected chi connectivity index (χ1v) is 7.17. The van der Waals surface area contributed by atoms with E-state index >= 15 is 0 Å². The van der Waals surface area contributed by atoms with Crippen molar-refractivity contribution in [2.45, 2.75) is 32.9 Å². The molecule has 0 radical (unpaired) electrons. The number of ether oxygens (including phenoxy) is 1. The quantitative estimate of drug-likeness (QED) is 0.832. The fraction of sp³-hybridized carbons (Fsp3) is 0.375. The summed E-state index contributed by atoms with van der Waals surface area (Å²) >= 11 is 0. The molecule has 1 amide bonds. The molecule has 2 rings (SSSR count). The van der Waals surface area contributed by atoms with Gasteiger partial charge in [0, 0.05) is 6.04 Å². The Morgan fingerprint density at radius 1 is 1.36 bits per heavy atom. The fourth-order valence-corrected chi connectivity index (χ4v) is 2.13. The Morgan fingerprint density at radius 2 is 2.14 bits per heavy atom. The summed E-state index contributed by atoms with van der Waals surface area (Å²) in [5.41, 5.74) is 0.970. The van der Waals surface area contributed by atoms with Crippen molar-refractivity contribution in [3.63, 3.8) is 0 Å². The maximum Gasteiger partial charge on any atom is 0.354 e. The van der Waals surface area contributed by atoms with Gasteiger partial charge in [0.25, 0.3) is 0 Å². The largest absolute Gasteiger partial charge is 0.464 e. The molecule has 22 heavy (non-hydrogen) atoms. The van der Waals surface area contributed by atoms with Gasteiger partial charge in [-0.05, 0) is 37.6 Å². The van der Waals surface area contributed by atoms with Gasteiger partial charge in [-0.3, -0.25) is 4.79 Å². The van der Waals surface area contributed by atoms with Crippen LogP contribution in [0, 0.1) is 0 Å². The lowest BCUT2D eigenvalue weighted by Gasteiger charge is -2.14. The third-order valence-corrected chi connectivity index (χ3v) is 3.47. The lowest BCUT2D eigenvalue weighted by Crippen LogP contribution is -2.35. The van der Waals surface area contributed by atoms with Crippen molar-refractivity contribution in [2.24, 2.45) is 0 Å². The van der Waals surface area contributed by atoms with Crippen LogP contribution in [-0.4, -0.2) is 29.6 Å². The zero-order valence-electron chi connectivity index (χ0n) is 13.0. The summed E-state index contributed by atoms with van der Waals surface area (Å²) in [7, 11) is 1.31. The molecular formula is C16H20N2O4. The highest BCUT2D eigenvalue weighted by atomic mass is 16.5. The van der Waals surface area contributed by atoms with Crippen LogP contribution >= 0.6 is 0 Å². The summed E-state index contributed by atoms with van der Waals surface area (Å²) in [6.07, 6.45) is 2.38. The van der Waals surface area contributed by atoms with Crippen LogP contribution in [0.3, 0.4) is 0 Å². The molecule has 0 unspecified atom stereocenters. The molecule has 0 saturated heterocycles. The van der Waals surface area contributed by atoms with E-state index in [4.69, 9.17) is 9.15 Å². The summed E-state index contributed by atoms with van der Waals surface area (Å²) in [4.78, 5) is 24.0. The molecule has 0 aliphatic carbocycles. The van der Waals surface area contributed by atoms with E-state index in [0.29, 0.717) is 17.1 Å². The summed E-state index contributed by atoms with van der Waals surface area (Å²) < 4.78 is 11.7. The monoisotopic (exact) mass is 304 g/mol. The minimum Gasteiger partial charge on any atom is -0.464 e. The summed E-state index contributed by atoms with van der Waals surface area (Å²) in [5, 5.41) is 2.88. The van der Waals surface area contributed by atoms with Crippen LogP contribution in [0.4, 0.5) is 0 Å². The minimum absolute atomic E-state index is 0.0256. The molecule has 0 aliphatic heterocycles. The molecule has 6 heteroatoms. The van der Waals surface area contributed by atoms with Gasteiger partial charge in [-0.15, -0.1) is 0 Å². The van der Waals surface area contributed by atoms with Crippen molar-refractivity contribution >= 4 is 11.9 Å². The van der Waals surface area contributed by atoms with Crippen LogP contribution in [0.25, 0.3) is 11.5 Å². The number of nitrogens with zero attached hydrogens (tertiary/aromatic N) is 1. The molecule has 2 aromatic rings. The maximum absolute atomic E-state index is 12.2. The van der Waals surface area contributed by atoms with Crippen molar-refractivity contribution < 1.29 is 18.7 Å². The molecule has 1 N–H and O–H groups in total. The van der Waals surface area contributed by atoms with E-state index in [1.807, 2.05) is 13.8 Å². The van der Waals surface area contributed by atoms with Crippen LogP contribution in [0.15, 0.2) is 34.9 Å². The fourth-order valence-electron chi connectivity index (χ4n) is 2.13. The normalized spacial score (nSPS) is 12.0. The number of hydrogen-bond donors (Lipinski definition) is 1. The number of nitrogens with one attached hydrogen (secondary N) is 1. The van der Waals surface area contributed by atoms with Crippen molar-refractivity contribution in [3.05, 3.63) is 36.2 Å². The lowest BCUT2D eigenvalue weighted by molar-refractivity contribution is -0.122. The van der Waals surface area contributed by atoms with Crippen molar-refractivity contribution in [2.75, 3.05) is 7.11 Å². The van der Waals surface area contributed by atoms with E-state index in [0.717, 1.165) is 6.42 Å². The van der Waals surface area contributed by atoms with Gasteiger partial charge in [0.2, 0.25) is 5.91 Å². The molecule has 0 spiro atoms. The second-order valence-electron chi connectivity index (χ2n) is 5.04. The van der Waals surface area contributed by atoms with Gasteiger partial charge in [-0.25, -0.2) is 4.79 Å². The number of carbonyl (C=O) groups is 2. The molecular weight excluding hydrogens is 284 g/mol. The first kappa shape index (κ1) is 15.9. The molecule has 0 bridgehead atoms. The molecule has 6 nitrogen and oxygen atoms in total. The van der Waals surface area contributed by atoms with Gasteiger partial charge in [0.05, 0.1) is 19.1 Å². The highest BCUT2D eigenvalue weighted by Gasteiger charge is 2.20. The first-order chi connectivity index (χ1) is 10.6. The molecule has 0 aromatic carbocycles. The Hall–Kier alpha value is -2.50. The van der Waals surface area contributed by atoms with Gasteiger partial charge in [-0.1, -0.05) is 6.92 Å². The number of amides is 1. The minimum atomic E-state index is -0.492. The van der Waals surface area contributed by atoms with Gasteiger partial charge in [0.1, 0.15) is 18.0 Å². The average molecular weight is 304 g/mol. The molecule has 2 aromatic heterocycles. The highest BCUT2D eigenvalue weighted by molar-refractivity contribution is 5.90. The molecule has 2 heterocycles. The van der Waals surface area contributed by atoms with E-state index in [1.165, 1.54) is 7.11 Å².